The van der Waals surface area contributed by atoms with Gasteiger partial charge < -0.3 is 9.47 Å². The fourth-order valence-electron chi connectivity index (χ4n) is 3.25. The number of hydrogen-bond acceptors (Lipinski definition) is 4. The Labute approximate surface area is 128 Å². The van der Waals surface area contributed by atoms with Gasteiger partial charge in [-0.2, -0.15) is 0 Å². The van der Waals surface area contributed by atoms with Crippen LogP contribution >= 0.6 is 0 Å². The topological polar surface area (TPSA) is 56.5 Å². The van der Waals surface area contributed by atoms with Gasteiger partial charge in [0.05, 0.1) is 13.2 Å². The van der Waals surface area contributed by atoms with Gasteiger partial charge >= 0.3 is 0 Å². The Morgan fingerprint density at radius 1 is 1.38 bits per heavy atom. The molecule has 2 atom stereocenters. The van der Waals surface area contributed by atoms with Crippen LogP contribution in [0.25, 0.3) is 0 Å². The first-order valence-electron chi connectivity index (χ1n) is 7.88. The molecule has 0 aromatic heterocycles. The lowest BCUT2D eigenvalue weighted by Gasteiger charge is -2.26. The Bertz CT molecular complexity index is 456. The molecule has 1 aromatic rings. The lowest BCUT2D eigenvalue weighted by Crippen LogP contribution is -2.30. The molecular weight excluding hydrogens is 264 g/mol. The lowest BCUT2D eigenvalue weighted by atomic mass is 9.93. The molecule has 4 heteroatoms. The molecule has 0 amide bonds. The first-order valence-corrected chi connectivity index (χ1v) is 7.88. The molecule has 4 nitrogen and oxygen atoms in total. The van der Waals surface area contributed by atoms with Crippen LogP contribution in [0.4, 0.5) is 0 Å². The van der Waals surface area contributed by atoms with E-state index in [1.165, 1.54) is 36.0 Å². The van der Waals surface area contributed by atoms with Crippen molar-refractivity contribution in [1.29, 1.82) is 0 Å². The van der Waals surface area contributed by atoms with Gasteiger partial charge in [-0.05, 0) is 63.1 Å². The van der Waals surface area contributed by atoms with Crippen molar-refractivity contribution in [1.82, 2.24) is 5.43 Å². The van der Waals surface area contributed by atoms with Crippen LogP contribution in [0.3, 0.4) is 0 Å². The zero-order chi connectivity index (χ0) is 15.2. The van der Waals surface area contributed by atoms with Gasteiger partial charge in [0.25, 0.3) is 0 Å². The molecule has 1 aliphatic heterocycles. The number of benzene rings is 1. The third-order valence-corrected chi connectivity index (χ3v) is 4.31. The molecule has 1 aromatic carbocycles. The van der Waals surface area contributed by atoms with E-state index >= 15 is 0 Å². The molecule has 0 radical (unpaired) electrons. The number of hydrogen-bond donors (Lipinski definition) is 2. The summed E-state index contributed by atoms with van der Waals surface area (Å²) < 4.78 is 11.4. The summed E-state index contributed by atoms with van der Waals surface area (Å²) in [6.07, 6.45) is 6.01. The number of hydrazine groups is 1. The zero-order valence-corrected chi connectivity index (χ0v) is 13.4. The van der Waals surface area contributed by atoms with Crippen LogP contribution in [-0.4, -0.2) is 19.8 Å². The molecule has 0 aliphatic carbocycles. The van der Waals surface area contributed by atoms with Gasteiger partial charge in [0.1, 0.15) is 5.75 Å². The van der Waals surface area contributed by atoms with E-state index < -0.39 is 0 Å². The summed E-state index contributed by atoms with van der Waals surface area (Å²) in [7, 11) is 1.72. The molecule has 0 spiro atoms. The van der Waals surface area contributed by atoms with Crippen LogP contribution in [0.5, 0.6) is 5.75 Å². The van der Waals surface area contributed by atoms with Crippen molar-refractivity contribution in [3.8, 4) is 5.75 Å². The van der Waals surface area contributed by atoms with Crippen molar-refractivity contribution in [3.05, 3.63) is 28.8 Å². The largest absolute Gasteiger partial charge is 0.496 e. The number of aryl methyl sites for hydroxylation is 2. The molecule has 2 rings (SSSR count). The fraction of sp³-hybridized carbons (Fsp3) is 0.647. The fourth-order valence-corrected chi connectivity index (χ4v) is 3.25. The van der Waals surface area contributed by atoms with Gasteiger partial charge in [0, 0.05) is 18.2 Å². The van der Waals surface area contributed by atoms with E-state index in [1.807, 2.05) is 0 Å². The molecule has 1 heterocycles. The van der Waals surface area contributed by atoms with Crippen molar-refractivity contribution in [2.45, 2.75) is 58.1 Å². The Morgan fingerprint density at radius 2 is 2.19 bits per heavy atom. The molecule has 21 heavy (non-hydrogen) atoms. The first kappa shape index (κ1) is 16.3. The minimum atomic E-state index is 0.103. The van der Waals surface area contributed by atoms with E-state index in [1.54, 1.807) is 7.11 Å². The maximum Gasteiger partial charge on any atom is 0.124 e. The number of nitrogens with two attached hydrogens (primary N) is 1. The molecule has 118 valence electrons. The van der Waals surface area contributed by atoms with Crippen LogP contribution in [0.15, 0.2) is 12.1 Å². The van der Waals surface area contributed by atoms with E-state index in [0.29, 0.717) is 6.10 Å². The number of rotatable bonds is 6. The van der Waals surface area contributed by atoms with E-state index in [4.69, 9.17) is 15.3 Å². The van der Waals surface area contributed by atoms with Gasteiger partial charge in [-0.25, -0.2) is 0 Å². The van der Waals surface area contributed by atoms with E-state index in [9.17, 15) is 0 Å². The zero-order valence-electron chi connectivity index (χ0n) is 13.4. The van der Waals surface area contributed by atoms with Crippen molar-refractivity contribution < 1.29 is 9.47 Å². The minimum absolute atomic E-state index is 0.103. The lowest BCUT2D eigenvalue weighted by molar-refractivity contribution is 0.00849. The van der Waals surface area contributed by atoms with Crippen molar-refractivity contribution in [2.75, 3.05) is 13.7 Å². The molecule has 2 unspecified atom stereocenters. The van der Waals surface area contributed by atoms with Crippen molar-refractivity contribution in [3.63, 3.8) is 0 Å². The predicted molar refractivity (Wildman–Crippen MR) is 85.4 cm³/mol. The molecule has 1 fully saturated rings. The third kappa shape index (κ3) is 4.19. The van der Waals surface area contributed by atoms with Crippen LogP contribution in [0, 0.1) is 13.8 Å². The second kappa shape index (κ2) is 7.78. The highest BCUT2D eigenvalue weighted by molar-refractivity contribution is 5.45. The molecule has 1 saturated heterocycles. The summed E-state index contributed by atoms with van der Waals surface area (Å²) >= 11 is 0. The maximum atomic E-state index is 5.81. The van der Waals surface area contributed by atoms with Gasteiger partial charge in [-0.1, -0.05) is 6.07 Å². The first-order chi connectivity index (χ1) is 10.2. The summed E-state index contributed by atoms with van der Waals surface area (Å²) in [5.41, 5.74) is 6.55. The normalized spacial score (nSPS) is 20.3. The average Bonchev–Trinajstić information content (AvgIpc) is 2.50. The van der Waals surface area contributed by atoms with Crippen LogP contribution in [-0.2, 0) is 4.74 Å². The van der Waals surface area contributed by atoms with E-state index in [2.05, 4.69) is 31.4 Å². The highest BCUT2D eigenvalue weighted by Crippen LogP contribution is 2.33. The SMILES string of the molecule is COc1cc(C)cc(C)c1C(CCC1CCCCO1)NN. The summed E-state index contributed by atoms with van der Waals surface area (Å²) in [5, 5.41) is 0. The summed E-state index contributed by atoms with van der Waals surface area (Å²) in [6.45, 7) is 5.10. The van der Waals surface area contributed by atoms with Crippen molar-refractivity contribution in [2.24, 2.45) is 5.84 Å². The summed E-state index contributed by atoms with van der Waals surface area (Å²) in [5.74, 6) is 6.72. The van der Waals surface area contributed by atoms with Crippen LogP contribution < -0.4 is 16.0 Å². The third-order valence-electron chi connectivity index (χ3n) is 4.31. The van der Waals surface area contributed by atoms with Gasteiger partial charge in [0.15, 0.2) is 0 Å². The molecule has 1 aliphatic rings. The Hall–Kier alpha value is -1.10. The Kier molecular flexibility index (Phi) is 6.03. The molecule has 0 bridgehead atoms. The van der Waals surface area contributed by atoms with E-state index in [0.717, 1.165) is 25.2 Å². The standard InChI is InChI=1S/C17H28N2O2/c1-12-10-13(2)17(16(11-12)20-3)15(19-18)8-7-14-6-4-5-9-21-14/h10-11,14-15,19H,4-9,18H2,1-3H3. The average molecular weight is 292 g/mol. The molecular formula is C17H28N2O2. The quantitative estimate of drug-likeness (QED) is 0.624. The molecule has 0 saturated carbocycles. The van der Waals surface area contributed by atoms with Crippen LogP contribution in [0.2, 0.25) is 0 Å². The highest BCUT2D eigenvalue weighted by atomic mass is 16.5. The van der Waals surface area contributed by atoms with Gasteiger partial charge in [-0.3, -0.25) is 11.3 Å². The second-order valence-corrected chi connectivity index (χ2v) is 5.98. The number of ether oxygens (including phenoxy) is 2. The smallest absolute Gasteiger partial charge is 0.124 e. The number of nitrogens with one attached hydrogen (secondary N) is 1. The Balaban J connectivity index is 2.09. The highest BCUT2D eigenvalue weighted by Gasteiger charge is 2.21. The van der Waals surface area contributed by atoms with Crippen LogP contribution in [0.1, 0.15) is 54.8 Å². The van der Waals surface area contributed by atoms with Crippen molar-refractivity contribution >= 4 is 0 Å². The predicted octanol–water partition coefficient (Wildman–Crippen LogP) is 3.17. The number of methoxy groups -OCH3 is 1. The maximum absolute atomic E-state index is 5.81. The second-order valence-electron chi connectivity index (χ2n) is 5.98. The summed E-state index contributed by atoms with van der Waals surface area (Å²) in [6, 6.07) is 4.36. The monoisotopic (exact) mass is 292 g/mol. The summed E-state index contributed by atoms with van der Waals surface area (Å²) in [4.78, 5) is 0. The van der Waals surface area contributed by atoms with Gasteiger partial charge in [0.2, 0.25) is 0 Å². The minimum Gasteiger partial charge on any atom is -0.496 e. The van der Waals surface area contributed by atoms with E-state index in [-0.39, 0.29) is 6.04 Å². The van der Waals surface area contributed by atoms with Gasteiger partial charge in [-0.15, -0.1) is 0 Å². The Morgan fingerprint density at radius 3 is 2.81 bits per heavy atom. The molecule has 3 N–H and O–H groups in total.